The molecule has 1 aromatic heterocycles. The summed E-state index contributed by atoms with van der Waals surface area (Å²) < 4.78 is 13.8. The number of aromatic nitrogens is 1. The molecule has 4 aromatic carbocycles. The van der Waals surface area contributed by atoms with Crippen LogP contribution in [0.1, 0.15) is 35.2 Å². The van der Waals surface area contributed by atoms with Crippen molar-refractivity contribution in [1.82, 2.24) is 4.57 Å². The molecular weight excluding hydrogens is 714 g/mol. The van der Waals surface area contributed by atoms with E-state index < -0.39 is 17.6 Å². The molecular formula is C37H27BrClN3O5S. The van der Waals surface area contributed by atoms with Crippen molar-refractivity contribution in [3.63, 3.8) is 0 Å². The van der Waals surface area contributed by atoms with Crippen LogP contribution in [0.4, 0.5) is 5.69 Å². The Kier molecular flexibility index (Phi) is 8.63. The van der Waals surface area contributed by atoms with Crippen LogP contribution in [0.15, 0.2) is 117 Å². The van der Waals surface area contributed by atoms with Crippen LogP contribution >= 0.6 is 38.9 Å². The number of rotatable bonds is 7. The third-order valence-electron chi connectivity index (χ3n) is 8.24. The Morgan fingerprint density at radius 2 is 1.71 bits per heavy atom. The summed E-state index contributed by atoms with van der Waals surface area (Å²) >= 11 is 10.8. The summed E-state index contributed by atoms with van der Waals surface area (Å²) in [6.07, 6.45) is 0. The smallest absolute Gasteiger partial charge is 0.338 e. The summed E-state index contributed by atoms with van der Waals surface area (Å²) in [5.41, 5.74) is 3.85. The number of anilines is 1. The van der Waals surface area contributed by atoms with E-state index in [-0.39, 0.29) is 34.7 Å². The Bertz CT molecular complexity index is 2320. The number of benzene rings is 4. The molecule has 0 N–H and O–H groups in total. The lowest BCUT2D eigenvalue weighted by molar-refractivity contribution is -0.138. The van der Waals surface area contributed by atoms with E-state index in [2.05, 4.69) is 15.9 Å². The van der Waals surface area contributed by atoms with E-state index in [4.69, 9.17) is 26.1 Å². The Labute approximate surface area is 293 Å². The number of carbonyl (C=O) groups excluding carboxylic acids is 2. The molecule has 3 heterocycles. The van der Waals surface area contributed by atoms with Crippen molar-refractivity contribution in [2.24, 2.45) is 4.99 Å². The van der Waals surface area contributed by atoms with E-state index in [1.807, 2.05) is 78.9 Å². The Morgan fingerprint density at radius 3 is 2.44 bits per heavy atom. The van der Waals surface area contributed by atoms with Crippen LogP contribution in [0.25, 0.3) is 11.3 Å². The minimum absolute atomic E-state index is 0.121. The lowest BCUT2D eigenvalue weighted by Gasteiger charge is -2.27. The average Bonchev–Trinajstić information content (AvgIpc) is 3.57. The first kappa shape index (κ1) is 31.8. The van der Waals surface area contributed by atoms with Gasteiger partial charge in [0.2, 0.25) is 0 Å². The number of thiazole rings is 1. The van der Waals surface area contributed by atoms with E-state index in [1.165, 1.54) is 11.7 Å². The van der Waals surface area contributed by atoms with Gasteiger partial charge in [-0.25, -0.2) is 9.79 Å². The van der Waals surface area contributed by atoms with Gasteiger partial charge in [0, 0.05) is 26.2 Å². The molecule has 240 valence electrons. The molecule has 0 unspecified atom stereocenters. The van der Waals surface area contributed by atoms with Gasteiger partial charge in [-0.05, 0) is 48.9 Å². The molecule has 0 aliphatic carbocycles. The van der Waals surface area contributed by atoms with Gasteiger partial charge in [-0.15, -0.1) is 0 Å². The first-order chi connectivity index (χ1) is 23.3. The van der Waals surface area contributed by atoms with Crippen molar-refractivity contribution in [3.05, 3.63) is 154 Å². The minimum Gasteiger partial charge on any atom is -0.496 e. The monoisotopic (exact) mass is 739 g/mol. The van der Waals surface area contributed by atoms with E-state index in [1.54, 1.807) is 30.0 Å². The largest absolute Gasteiger partial charge is 0.496 e. The number of fused-ring (bicyclic) bond motifs is 2. The zero-order chi connectivity index (χ0) is 33.5. The summed E-state index contributed by atoms with van der Waals surface area (Å²) in [6, 6.07) is 28.5. The molecule has 48 heavy (non-hydrogen) atoms. The van der Waals surface area contributed by atoms with Crippen molar-refractivity contribution >= 4 is 67.7 Å². The molecule has 0 fully saturated rings. The molecule has 2 aliphatic heterocycles. The molecule has 0 saturated carbocycles. The lowest BCUT2D eigenvalue weighted by atomic mass is 9.92. The van der Waals surface area contributed by atoms with Crippen molar-refractivity contribution in [1.29, 1.82) is 0 Å². The third-order valence-corrected chi connectivity index (χ3v) is 10.0. The third kappa shape index (κ3) is 5.49. The quantitative estimate of drug-likeness (QED) is 0.184. The molecule has 5 aromatic rings. The number of nitrogens with zero attached hydrogens (tertiary/aromatic N) is 3. The maximum atomic E-state index is 14.8. The Balaban J connectivity index is 1.52. The van der Waals surface area contributed by atoms with Crippen molar-refractivity contribution in [2.75, 3.05) is 18.6 Å². The summed E-state index contributed by atoms with van der Waals surface area (Å²) in [7, 11) is 1.54. The number of methoxy groups -OCH3 is 1. The number of para-hydroxylation sites is 1. The molecule has 2 aliphatic rings. The van der Waals surface area contributed by atoms with Crippen LogP contribution in [0.2, 0.25) is 5.02 Å². The van der Waals surface area contributed by atoms with Crippen molar-refractivity contribution in [2.45, 2.75) is 19.5 Å². The fourth-order valence-corrected chi connectivity index (χ4v) is 7.73. The van der Waals surface area contributed by atoms with Crippen LogP contribution in [0.3, 0.4) is 0 Å². The van der Waals surface area contributed by atoms with Gasteiger partial charge in [-0.2, -0.15) is 0 Å². The first-order valence-corrected chi connectivity index (χ1v) is 17.1. The van der Waals surface area contributed by atoms with E-state index >= 15 is 0 Å². The van der Waals surface area contributed by atoms with Gasteiger partial charge in [-0.1, -0.05) is 99.5 Å². The summed E-state index contributed by atoms with van der Waals surface area (Å²) in [4.78, 5) is 49.9. The minimum atomic E-state index is -0.978. The normalized spacial score (nSPS) is 16.4. The second kappa shape index (κ2) is 13.0. The number of hydrogen-bond acceptors (Lipinski definition) is 7. The highest BCUT2D eigenvalue weighted by molar-refractivity contribution is 9.10. The molecule has 0 saturated heterocycles. The Hall–Kier alpha value is -4.77. The van der Waals surface area contributed by atoms with Gasteiger partial charge in [0.1, 0.15) is 16.3 Å². The van der Waals surface area contributed by atoms with Crippen molar-refractivity contribution < 1.29 is 19.1 Å². The molecule has 1 amide bonds. The molecule has 7 rings (SSSR count). The molecule has 0 radical (unpaired) electrons. The number of amides is 1. The predicted molar refractivity (Wildman–Crippen MR) is 190 cm³/mol. The fraction of sp³-hybridized carbons (Fsp3) is 0.135. The summed E-state index contributed by atoms with van der Waals surface area (Å²) in [5.74, 6) is -0.448. The van der Waals surface area contributed by atoms with Gasteiger partial charge in [0.25, 0.3) is 11.5 Å². The molecule has 1 atom stereocenters. The SMILES string of the molecule is CCOC(=O)C1=C(c2ccccc2)N=c2s/c(=C3\C(=O)N(Cc4ccc(Cl)cc4)c4ccccc43)c(=O)n2[C@H]1c1cc(Br)ccc1OC. The van der Waals surface area contributed by atoms with Crippen LogP contribution < -0.4 is 24.5 Å². The average molecular weight is 741 g/mol. The van der Waals surface area contributed by atoms with E-state index in [0.717, 1.165) is 21.4 Å². The van der Waals surface area contributed by atoms with E-state index in [9.17, 15) is 14.4 Å². The van der Waals surface area contributed by atoms with Gasteiger partial charge < -0.3 is 14.4 Å². The number of hydrogen-bond donors (Lipinski definition) is 0. The summed E-state index contributed by atoms with van der Waals surface area (Å²) in [5, 5.41) is 0.599. The standard InChI is InChI=1S/C37H27BrClN3O5S/c1-3-47-36(45)30-31(22-9-5-4-6-10-22)40-37-42(32(30)26-19-23(38)15-18-28(26)46-2)35(44)33(48-37)29-25-11-7-8-12-27(25)41(34(29)43)20-21-13-16-24(39)17-14-21/h4-19,32H,3,20H2,1-2H3/b33-29-/t32-/m0/s1. The first-order valence-electron chi connectivity index (χ1n) is 15.1. The van der Waals surface area contributed by atoms with E-state index in [0.29, 0.717) is 43.6 Å². The van der Waals surface area contributed by atoms with Gasteiger partial charge >= 0.3 is 5.97 Å². The van der Waals surface area contributed by atoms with Crippen molar-refractivity contribution in [3.8, 4) is 5.75 Å². The van der Waals surface area contributed by atoms with Gasteiger partial charge in [0.15, 0.2) is 4.80 Å². The van der Waals surface area contributed by atoms with Crippen LogP contribution in [-0.4, -0.2) is 30.2 Å². The number of ether oxygens (including phenoxy) is 2. The molecule has 0 bridgehead atoms. The molecule has 11 heteroatoms. The van der Waals surface area contributed by atoms with Crippen LogP contribution in [0, 0.1) is 0 Å². The maximum Gasteiger partial charge on any atom is 0.338 e. The molecule has 0 spiro atoms. The fourth-order valence-electron chi connectivity index (χ4n) is 6.13. The predicted octanol–water partition coefficient (Wildman–Crippen LogP) is 6.28. The highest BCUT2D eigenvalue weighted by atomic mass is 79.9. The second-order valence-electron chi connectivity index (χ2n) is 11.0. The lowest BCUT2D eigenvalue weighted by Crippen LogP contribution is -2.41. The maximum absolute atomic E-state index is 14.8. The zero-order valence-electron chi connectivity index (χ0n) is 25.8. The van der Waals surface area contributed by atoms with Gasteiger partial charge in [-0.3, -0.25) is 14.2 Å². The van der Waals surface area contributed by atoms with Crippen LogP contribution in [-0.2, 0) is 20.9 Å². The number of esters is 1. The topological polar surface area (TPSA) is 90.2 Å². The highest BCUT2D eigenvalue weighted by Gasteiger charge is 2.39. The Morgan fingerprint density at radius 1 is 0.979 bits per heavy atom. The number of carbonyl (C=O) groups is 2. The second-order valence-corrected chi connectivity index (χ2v) is 13.4. The summed E-state index contributed by atoms with van der Waals surface area (Å²) in [6.45, 7) is 2.14. The molecule has 8 nitrogen and oxygen atoms in total. The zero-order valence-corrected chi connectivity index (χ0v) is 28.9. The van der Waals surface area contributed by atoms with Crippen LogP contribution in [0.5, 0.6) is 5.75 Å². The number of halogens is 2. The highest BCUT2D eigenvalue weighted by Crippen LogP contribution is 2.41. The van der Waals surface area contributed by atoms with Gasteiger partial charge in [0.05, 0.1) is 42.8 Å².